The Labute approximate surface area is 110 Å². The molecule has 18 heavy (non-hydrogen) atoms. The number of aryl methyl sites for hydroxylation is 1. The largest absolute Gasteiger partial charge is 0.398 e. The minimum absolute atomic E-state index is 0.0419. The molecule has 0 fully saturated rings. The molecule has 0 amide bonds. The number of benzene rings is 1. The minimum atomic E-state index is -0.0419. The van der Waals surface area contributed by atoms with E-state index in [-0.39, 0.29) is 5.78 Å². The van der Waals surface area contributed by atoms with Gasteiger partial charge in [0, 0.05) is 28.5 Å². The van der Waals surface area contributed by atoms with Crippen molar-refractivity contribution < 1.29 is 4.79 Å². The number of nitrogens with zero attached hydrogens (tertiary/aromatic N) is 2. The third-order valence-corrected chi connectivity index (χ3v) is 3.25. The van der Waals surface area contributed by atoms with Gasteiger partial charge >= 0.3 is 0 Å². The fraction of sp³-hybridized carbons (Fsp3) is 0.154. The molecule has 0 saturated carbocycles. The van der Waals surface area contributed by atoms with E-state index in [9.17, 15) is 4.79 Å². The number of anilines is 1. The van der Waals surface area contributed by atoms with E-state index in [1.54, 1.807) is 24.5 Å². The van der Waals surface area contributed by atoms with Gasteiger partial charge in [-0.05, 0) is 49.4 Å². The van der Waals surface area contributed by atoms with Crippen molar-refractivity contribution in [1.82, 2.24) is 9.97 Å². The fourth-order valence-corrected chi connectivity index (χ4v) is 2.18. The lowest BCUT2D eigenvalue weighted by Crippen LogP contribution is -1.99. The number of Topliss-reactive ketones (excluding diaryl/α,β-unsaturated/α-hetero) is 1. The van der Waals surface area contributed by atoms with Crippen LogP contribution in [0.2, 0.25) is 0 Å². The number of hydrogen-bond donors (Lipinski definition) is 1. The molecule has 0 saturated heterocycles. The van der Waals surface area contributed by atoms with Crippen molar-refractivity contribution >= 4 is 23.2 Å². The first-order chi connectivity index (χ1) is 8.56. The molecule has 5 heteroatoms. The first-order valence-electron chi connectivity index (χ1n) is 5.43. The number of rotatable bonds is 3. The van der Waals surface area contributed by atoms with Crippen LogP contribution in [0.25, 0.3) is 0 Å². The summed E-state index contributed by atoms with van der Waals surface area (Å²) in [6.07, 6.45) is 3.52. The van der Waals surface area contributed by atoms with Gasteiger partial charge in [-0.1, -0.05) is 0 Å². The van der Waals surface area contributed by atoms with Gasteiger partial charge in [0.1, 0.15) is 0 Å². The van der Waals surface area contributed by atoms with Gasteiger partial charge in [0.2, 0.25) is 0 Å². The van der Waals surface area contributed by atoms with Crippen LogP contribution in [0.15, 0.2) is 40.6 Å². The van der Waals surface area contributed by atoms with E-state index in [1.165, 1.54) is 18.7 Å². The molecular formula is C13H13N3OS. The van der Waals surface area contributed by atoms with Crippen LogP contribution in [0, 0.1) is 6.92 Å². The molecule has 0 aliphatic carbocycles. The predicted octanol–water partition coefficient (Wildman–Crippen LogP) is 2.72. The number of nitrogen functional groups attached to an aromatic ring is 1. The van der Waals surface area contributed by atoms with Gasteiger partial charge in [-0.15, -0.1) is 0 Å². The monoisotopic (exact) mass is 259 g/mol. The van der Waals surface area contributed by atoms with E-state index < -0.39 is 0 Å². The molecule has 2 N–H and O–H groups in total. The molecule has 1 aromatic heterocycles. The number of carbonyl (C=O) groups excluding carboxylic acids is 1. The molecule has 0 atom stereocenters. The highest BCUT2D eigenvalue weighted by Crippen LogP contribution is 2.27. The van der Waals surface area contributed by atoms with Crippen LogP contribution in [0.4, 0.5) is 5.69 Å². The number of carbonyl (C=O) groups is 1. The van der Waals surface area contributed by atoms with Crippen LogP contribution < -0.4 is 5.73 Å². The smallest absolute Gasteiger partial charge is 0.192 e. The highest BCUT2D eigenvalue weighted by Gasteiger charge is 2.07. The molecule has 0 aliphatic rings. The highest BCUT2D eigenvalue weighted by molar-refractivity contribution is 7.99. The number of ketones is 1. The summed E-state index contributed by atoms with van der Waals surface area (Å²) in [6.45, 7) is 3.44. The first-order valence-corrected chi connectivity index (χ1v) is 6.25. The Bertz CT molecular complexity index is 581. The summed E-state index contributed by atoms with van der Waals surface area (Å²) in [5.41, 5.74) is 7.79. The summed E-state index contributed by atoms with van der Waals surface area (Å²) in [5.74, 6) is -0.0419. The van der Waals surface area contributed by atoms with Gasteiger partial charge in [0.25, 0.3) is 0 Å². The van der Waals surface area contributed by atoms with Crippen molar-refractivity contribution in [2.75, 3.05) is 5.73 Å². The molecule has 2 aromatic rings. The molecule has 0 unspecified atom stereocenters. The van der Waals surface area contributed by atoms with Crippen LogP contribution in [0.1, 0.15) is 22.8 Å². The lowest BCUT2D eigenvalue weighted by Gasteiger charge is -2.05. The molecule has 92 valence electrons. The van der Waals surface area contributed by atoms with Crippen molar-refractivity contribution in [3.8, 4) is 0 Å². The van der Waals surface area contributed by atoms with Crippen molar-refractivity contribution in [3.05, 3.63) is 41.7 Å². The zero-order valence-electron chi connectivity index (χ0n) is 10.2. The van der Waals surface area contributed by atoms with Crippen LogP contribution >= 0.6 is 11.8 Å². The van der Waals surface area contributed by atoms with Crippen LogP contribution in [0.5, 0.6) is 0 Å². The molecule has 4 nitrogen and oxygen atoms in total. The van der Waals surface area contributed by atoms with Gasteiger partial charge < -0.3 is 5.73 Å². The molecule has 0 bridgehead atoms. The molecular weight excluding hydrogens is 246 g/mol. The predicted molar refractivity (Wildman–Crippen MR) is 71.8 cm³/mol. The lowest BCUT2D eigenvalue weighted by molar-refractivity contribution is 0.101. The van der Waals surface area contributed by atoms with Gasteiger partial charge in [0.05, 0.1) is 0 Å². The average Bonchev–Trinajstić information content (AvgIpc) is 2.34. The summed E-state index contributed by atoms with van der Waals surface area (Å²) >= 11 is 1.41. The molecule has 1 aromatic carbocycles. The standard InChI is InChI=1S/C13H13N3OS/c1-8-6-15-13(16-7-8)18-10-3-4-12(14)11(5-10)9(2)17/h3-7H,14H2,1-2H3. The minimum Gasteiger partial charge on any atom is -0.398 e. The van der Waals surface area contributed by atoms with Gasteiger partial charge in [-0.3, -0.25) is 4.79 Å². The van der Waals surface area contributed by atoms with Gasteiger partial charge in [-0.25, -0.2) is 9.97 Å². The lowest BCUT2D eigenvalue weighted by atomic mass is 10.1. The van der Waals surface area contributed by atoms with Gasteiger partial charge in [0.15, 0.2) is 10.9 Å². The third kappa shape index (κ3) is 2.87. The maximum Gasteiger partial charge on any atom is 0.192 e. The van der Waals surface area contributed by atoms with Gasteiger partial charge in [-0.2, -0.15) is 0 Å². The number of aromatic nitrogens is 2. The quantitative estimate of drug-likeness (QED) is 0.521. The Balaban J connectivity index is 2.27. The molecule has 1 heterocycles. The van der Waals surface area contributed by atoms with Crippen molar-refractivity contribution in [2.45, 2.75) is 23.9 Å². The molecule has 0 radical (unpaired) electrons. The average molecular weight is 259 g/mol. The second-order valence-electron chi connectivity index (χ2n) is 3.95. The Morgan fingerprint density at radius 2 is 1.94 bits per heavy atom. The van der Waals surface area contributed by atoms with E-state index in [2.05, 4.69) is 9.97 Å². The van der Waals surface area contributed by atoms with Crippen molar-refractivity contribution in [1.29, 1.82) is 0 Å². The van der Waals surface area contributed by atoms with E-state index in [0.717, 1.165) is 10.5 Å². The summed E-state index contributed by atoms with van der Waals surface area (Å²) in [4.78, 5) is 20.7. The maximum absolute atomic E-state index is 11.4. The van der Waals surface area contributed by atoms with E-state index in [1.807, 2.05) is 13.0 Å². The topological polar surface area (TPSA) is 68.9 Å². The van der Waals surface area contributed by atoms with Crippen molar-refractivity contribution in [3.63, 3.8) is 0 Å². The zero-order valence-corrected chi connectivity index (χ0v) is 11.0. The highest BCUT2D eigenvalue weighted by atomic mass is 32.2. The first kappa shape index (κ1) is 12.6. The summed E-state index contributed by atoms with van der Waals surface area (Å²) < 4.78 is 0. The Morgan fingerprint density at radius 3 is 2.56 bits per heavy atom. The second-order valence-corrected chi connectivity index (χ2v) is 4.99. The summed E-state index contributed by atoms with van der Waals surface area (Å²) in [6, 6.07) is 5.36. The van der Waals surface area contributed by atoms with Crippen LogP contribution in [-0.2, 0) is 0 Å². The Hall–Kier alpha value is -1.88. The molecule has 0 spiro atoms. The fourth-order valence-electron chi connectivity index (χ4n) is 1.44. The molecule has 2 rings (SSSR count). The SMILES string of the molecule is CC(=O)c1cc(Sc2ncc(C)cn2)ccc1N. The third-order valence-electron chi connectivity index (χ3n) is 2.37. The zero-order chi connectivity index (χ0) is 13.1. The number of hydrogen-bond acceptors (Lipinski definition) is 5. The Morgan fingerprint density at radius 1 is 1.28 bits per heavy atom. The maximum atomic E-state index is 11.4. The van der Waals surface area contributed by atoms with Crippen LogP contribution in [0.3, 0.4) is 0 Å². The summed E-state index contributed by atoms with van der Waals surface area (Å²) in [5, 5.41) is 0.653. The Kier molecular flexibility index (Phi) is 3.62. The van der Waals surface area contributed by atoms with E-state index in [4.69, 9.17) is 5.73 Å². The normalized spacial score (nSPS) is 10.3. The van der Waals surface area contributed by atoms with Crippen LogP contribution in [-0.4, -0.2) is 15.8 Å². The van der Waals surface area contributed by atoms with E-state index in [0.29, 0.717) is 16.4 Å². The number of nitrogens with two attached hydrogens (primary N) is 1. The second kappa shape index (κ2) is 5.18. The summed E-state index contributed by atoms with van der Waals surface area (Å²) in [7, 11) is 0. The van der Waals surface area contributed by atoms with Crippen molar-refractivity contribution in [2.24, 2.45) is 0 Å². The van der Waals surface area contributed by atoms with E-state index >= 15 is 0 Å². The molecule has 0 aliphatic heterocycles.